The van der Waals surface area contributed by atoms with Gasteiger partial charge >= 0.3 is 0 Å². The average Bonchev–Trinajstić information content (AvgIpc) is 2.87. The second kappa shape index (κ2) is 5.37. The SMILES string of the molecule is COc1cc(-c2csc(CO)n2)c(OC)cc1C. The van der Waals surface area contributed by atoms with Crippen LogP contribution in [0.2, 0.25) is 0 Å². The Labute approximate surface area is 110 Å². The van der Waals surface area contributed by atoms with E-state index in [-0.39, 0.29) is 6.61 Å². The van der Waals surface area contributed by atoms with Gasteiger partial charge in [-0.25, -0.2) is 4.98 Å². The van der Waals surface area contributed by atoms with Crippen LogP contribution in [0.3, 0.4) is 0 Å². The van der Waals surface area contributed by atoms with Gasteiger partial charge in [0.2, 0.25) is 0 Å². The first-order valence-electron chi connectivity index (χ1n) is 5.47. The zero-order valence-corrected chi connectivity index (χ0v) is 11.4. The van der Waals surface area contributed by atoms with Crippen molar-refractivity contribution in [1.29, 1.82) is 0 Å². The van der Waals surface area contributed by atoms with Gasteiger partial charge in [0.15, 0.2) is 0 Å². The Bertz CT molecular complexity index is 551. The summed E-state index contributed by atoms with van der Waals surface area (Å²) in [5.41, 5.74) is 2.67. The predicted molar refractivity (Wildman–Crippen MR) is 71.3 cm³/mol. The van der Waals surface area contributed by atoms with Gasteiger partial charge in [-0.05, 0) is 24.6 Å². The molecule has 0 unspecified atom stereocenters. The van der Waals surface area contributed by atoms with Gasteiger partial charge in [-0.3, -0.25) is 0 Å². The minimum absolute atomic E-state index is 0.0457. The lowest BCUT2D eigenvalue weighted by Gasteiger charge is -2.11. The van der Waals surface area contributed by atoms with Gasteiger partial charge in [0.25, 0.3) is 0 Å². The van der Waals surface area contributed by atoms with Gasteiger partial charge in [-0.1, -0.05) is 0 Å². The fourth-order valence-electron chi connectivity index (χ4n) is 1.76. The number of benzene rings is 1. The van der Waals surface area contributed by atoms with Crippen LogP contribution in [0.1, 0.15) is 10.6 Å². The number of ether oxygens (including phenoxy) is 2. The number of aromatic nitrogens is 1. The van der Waals surface area contributed by atoms with E-state index in [0.717, 1.165) is 28.3 Å². The van der Waals surface area contributed by atoms with Crippen molar-refractivity contribution in [3.63, 3.8) is 0 Å². The molecule has 0 atom stereocenters. The van der Waals surface area contributed by atoms with Gasteiger partial charge in [-0.2, -0.15) is 0 Å². The van der Waals surface area contributed by atoms with Crippen LogP contribution in [0.4, 0.5) is 0 Å². The third kappa shape index (κ3) is 2.32. The fourth-order valence-corrected chi connectivity index (χ4v) is 2.41. The number of hydrogen-bond donors (Lipinski definition) is 1. The summed E-state index contributed by atoms with van der Waals surface area (Å²) in [6.07, 6.45) is 0. The van der Waals surface area contributed by atoms with Crippen molar-refractivity contribution in [2.45, 2.75) is 13.5 Å². The topological polar surface area (TPSA) is 51.6 Å². The Balaban J connectivity index is 2.54. The van der Waals surface area contributed by atoms with Crippen molar-refractivity contribution in [2.24, 2.45) is 0 Å². The molecule has 0 aliphatic carbocycles. The summed E-state index contributed by atoms with van der Waals surface area (Å²) in [5.74, 6) is 1.55. The van der Waals surface area contributed by atoms with Gasteiger partial charge in [-0.15, -0.1) is 11.3 Å². The van der Waals surface area contributed by atoms with Crippen molar-refractivity contribution in [2.75, 3.05) is 14.2 Å². The van der Waals surface area contributed by atoms with E-state index < -0.39 is 0 Å². The van der Waals surface area contributed by atoms with Crippen molar-refractivity contribution in [1.82, 2.24) is 4.98 Å². The molecule has 18 heavy (non-hydrogen) atoms. The van der Waals surface area contributed by atoms with Crippen molar-refractivity contribution < 1.29 is 14.6 Å². The molecule has 0 radical (unpaired) electrons. The number of hydrogen-bond acceptors (Lipinski definition) is 5. The van der Waals surface area contributed by atoms with Gasteiger partial charge in [0.05, 0.1) is 26.5 Å². The van der Waals surface area contributed by atoms with Crippen LogP contribution < -0.4 is 9.47 Å². The molecular weight excluding hydrogens is 250 g/mol. The van der Waals surface area contributed by atoms with E-state index in [1.165, 1.54) is 11.3 Å². The third-order valence-electron chi connectivity index (χ3n) is 2.68. The molecule has 0 saturated heterocycles. The Hall–Kier alpha value is -1.59. The summed E-state index contributed by atoms with van der Waals surface area (Å²) in [6.45, 7) is 1.92. The maximum atomic E-state index is 9.06. The quantitative estimate of drug-likeness (QED) is 0.923. The Morgan fingerprint density at radius 2 is 1.94 bits per heavy atom. The Morgan fingerprint density at radius 3 is 2.50 bits per heavy atom. The minimum atomic E-state index is -0.0457. The van der Waals surface area contributed by atoms with E-state index in [1.54, 1.807) is 14.2 Å². The summed E-state index contributed by atoms with van der Waals surface area (Å²) in [4.78, 5) is 4.35. The number of aryl methyl sites for hydroxylation is 1. The molecule has 0 spiro atoms. The van der Waals surface area contributed by atoms with Crippen molar-refractivity contribution in [3.05, 3.63) is 28.1 Å². The second-order valence-corrected chi connectivity index (χ2v) is 4.75. The molecule has 1 aromatic carbocycles. The summed E-state index contributed by atoms with van der Waals surface area (Å²) >= 11 is 1.42. The summed E-state index contributed by atoms with van der Waals surface area (Å²) in [7, 11) is 3.27. The predicted octanol–water partition coefficient (Wildman–Crippen LogP) is 2.63. The molecule has 0 aliphatic rings. The molecule has 0 amide bonds. The van der Waals surface area contributed by atoms with Gasteiger partial charge in [0.1, 0.15) is 16.5 Å². The summed E-state index contributed by atoms with van der Waals surface area (Å²) in [5, 5.41) is 11.6. The average molecular weight is 265 g/mol. The highest BCUT2D eigenvalue weighted by Crippen LogP contribution is 2.36. The van der Waals surface area contributed by atoms with Crippen LogP contribution in [0.5, 0.6) is 11.5 Å². The maximum Gasteiger partial charge on any atom is 0.128 e. The van der Waals surface area contributed by atoms with E-state index in [0.29, 0.717) is 5.01 Å². The number of thiazole rings is 1. The Kier molecular flexibility index (Phi) is 3.84. The first-order chi connectivity index (χ1) is 8.69. The molecule has 5 heteroatoms. The largest absolute Gasteiger partial charge is 0.496 e. The molecule has 0 fully saturated rings. The highest BCUT2D eigenvalue weighted by atomic mass is 32.1. The number of aliphatic hydroxyl groups excluding tert-OH is 1. The van der Waals surface area contributed by atoms with Crippen molar-refractivity contribution >= 4 is 11.3 Å². The molecule has 2 aromatic rings. The van der Waals surface area contributed by atoms with E-state index >= 15 is 0 Å². The first-order valence-corrected chi connectivity index (χ1v) is 6.35. The highest BCUT2D eigenvalue weighted by Gasteiger charge is 2.13. The first kappa shape index (κ1) is 12.9. The number of methoxy groups -OCH3 is 2. The van der Waals surface area contributed by atoms with Gasteiger partial charge < -0.3 is 14.6 Å². The van der Waals surface area contributed by atoms with Crippen LogP contribution in [0.15, 0.2) is 17.5 Å². The van der Waals surface area contributed by atoms with Gasteiger partial charge in [0, 0.05) is 10.9 Å². The third-order valence-corrected chi connectivity index (χ3v) is 3.51. The monoisotopic (exact) mass is 265 g/mol. The molecule has 1 aromatic heterocycles. The summed E-state index contributed by atoms with van der Waals surface area (Å²) < 4.78 is 10.7. The van der Waals surface area contributed by atoms with E-state index in [9.17, 15) is 0 Å². The second-order valence-electron chi connectivity index (χ2n) is 3.81. The zero-order chi connectivity index (χ0) is 13.1. The van der Waals surface area contributed by atoms with Crippen LogP contribution in [-0.2, 0) is 6.61 Å². The van der Waals surface area contributed by atoms with E-state index in [4.69, 9.17) is 14.6 Å². The molecule has 2 rings (SSSR count). The molecule has 0 aliphatic heterocycles. The Morgan fingerprint density at radius 1 is 1.22 bits per heavy atom. The van der Waals surface area contributed by atoms with Crippen LogP contribution in [-0.4, -0.2) is 24.3 Å². The molecular formula is C13H15NO3S. The normalized spacial score (nSPS) is 10.4. The lowest BCUT2D eigenvalue weighted by molar-refractivity contribution is 0.281. The van der Waals surface area contributed by atoms with Crippen molar-refractivity contribution in [3.8, 4) is 22.8 Å². The molecule has 0 bridgehead atoms. The standard InChI is InChI=1S/C13H15NO3S/c1-8-4-12(17-3)9(5-11(8)16-2)10-7-18-13(6-15)14-10/h4-5,7,15H,6H2,1-3H3. The molecule has 0 saturated carbocycles. The minimum Gasteiger partial charge on any atom is -0.496 e. The molecule has 96 valence electrons. The molecule has 1 N–H and O–H groups in total. The van der Waals surface area contributed by atoms with Crippen LogP contribution >= 0.6 is 11.3 Å². The zero-order valence-electron chi connectivity index (χ0n) is 10.6. The maximum absolute atomic E-state index is 9.06. The van der Waals surface area contributed by atoms with E-state index in [1.807, 2.05) is 24.4 Å². The smallest absolute Gasteiger partial charge is 0.128 e. The van der Waals surface area contributed by atoms with Crippen LogP contribution in [0.25, 0.3) is 11.3 Å². The summed E-state index contributed by atoms with van der Waals surface area (Å²) in [6, 6.07) is 3.83. The highest BCUT2D eigenvalue weighted by molar-refractivity contribution is 7.09. The van der Waals surface area contributed by atoms with Crippen LogP contribution in [0, 0.1) is 6.92 Å². The lowest BCUT2D eigenvalue weighted by atomic mass is 10.1. The molecule has 1 heterocycles. The van der Waals surface area contributed by atoms with E-state index in [2.05, 4.69) is 4.98 Å². The number of rotatable bonds is 4. The number of nitrogens with zero attached hydrogens (tertiary/aromatic N) is 1. The fraction of sp³-hybridized carbons (Fsp3) is 0.308. The lowest BCUT2D eigenvalue weighted by Crippen LogP contribution is -1.93. The molecule has 4 nitrogen and oxygen atoms in total. The number of aliphatic hydroxyl groups is 1.